The summed E-state index contributed by atoms with van der Waals surface area (Å²) in [5, 5.41) is 29.6. The van der Waals surface area contributed by atoms with Gasteiger partial charge in [-0.25, -0.2) is 0 Å². The average molecular weight is 294 g/mol. The van der Waals surface area contributed by atoms with Crippen LogP contribution in [0.4, 0.5) is 0 Å². The topological polar surface area (TPSA) is 60.7 Å². The van der Waals surface area contributed by atoms with Gasteiger partial charge >= 0.3 is 0 Å². The minimum Gasteiger partial charge on any atom is -0.508 e. The molecule has 0 bridgehead atoms. The van der Waals surface area contributed by atoms with E-state index < -0.39 is 5.41 Å². The molecule has 0 aromatic heterocycles. The van der Waals surface area contributed by atoms with E-state index in [0.29, 0.717) is 5.56 Å². The Bertz CT molecular complexity index is 747. The fraction of sp³-hybridized carbons (Fsp3) is 0.158. The van der Waals surface area contributed by atoms with Crippen molar-refractivity contribution < 1.29 is 15.3 Å². The van der Waals surface area contributed by atoms with E-state index in [0.717, 1.165) is 5.56 Å². The summed E-state index contributed by atoms with van der Waals surface area (Å²) in [5.41, 5.74) is 1.17. The van der Waals surface area contributed by atoms with Gasteiger partial charge in [-0.05, 0) is 23.8 Å². The lowest BCUT2D eigenvalue weighted by Crippen LogP contribution is -2.31. The highest BCUT2D eigenvalue weighted by atomic mass is 16.3. The molecule has 0 aliphatic heterocycles. The monoisotopic (exact) mass is 294 g/mol. The SMILES string of the molecule is CC(c1ccccc1)(c1ccc(O)cc1O)C1C=CC(O)=C1. The molecule has 3 nitrogen and oxygen atoms in total. The normalized spacial score (nSPS) is 19.7. The van der Waals surface area contributed by atoms with Crippen LogP contribution in [0.25, 0.3) is 0 Å². The second kappa shape index (κ2) is 5.26. The van der Waals surface area contributed by atoms with Gasteiger partial charge in [0.1, 0.15) is 17.3 Å². The number of benzene rings is 2. The standard InChI is InChI=1S/C19H18O3/c1-19(13-5-3-2-4-6-13,14-7-8-15(20)11-14)17-10-9-16(21)12-18(17)22/h2-12,14,20-22H,1H3. The zero-order valence-corrected chi connectivity index (χ0v) is 12.3. The number of hydrogen-bond donors (Lipinski definition) is 3. The third-order valence-corrected chi connectivity index (χ3v) is 4.41. The first-order chi connectivity index (χ1) is 10.5. The van der Waals surface area contributed by atoms with Gasteiger partial charge < -0.3 is 15.3 Å². The van der Waals surface area contributed by atoms with Crippen molar-refractivity contribution in [3.8, 4) is 11.5 Å². The van der Waals surface area contributed by atoms with E-state index >= 15 is 0 Å². The lowest BCUT2D eigenvalue weighted by Gasteiger charge is -2.35. The van der Waals surface area contributed by atoms with E-state index in [9.17, 15) is 15.3 Å². The molecule has 1 aliphatic carbocycles. The highest BCUT2D eigenvalue weighted by molar-refractivity contribution is 5.52. The van der Waals surface area contributed by atoms with Crippen LogP contribution in [-0.2, 0) is 5.41 Å². The molecule has 0 fully saturated rings. The van der Waals surface area contributed by atoms with E-state index in [4.69, 9.17) is 0 Å². The molecule has 2 unspecified atom stereocenters. The van der Waals surface area contributed by atoms with E-state index in [2.05, 4.69) is 0 Å². The van der Waals surface area contributed by atoms with Crippen LogP contribution in [0.1, 0.15) is 18.1 Å². The van der Waals surface area contributed by atoms with Crippen molar-refractivity contribution in [1.82, 2.24) is 0 Å². The molecule has 3 N–H and O–H groups in total. The average Bonchev–Trinajstić information content (AvgIpc) is 2.94. The van der Waals surface area contributed by atoms with Crippen LogP contribution in [-0.4, -0.2) is 15.3 Å². The van der Waals surface area contributed by atoms with E-state index in [1.54, 1.807) is 24.3 Å². The van der Waals surface area contributed by atoms with E-state index in [1.165, 1.54) is 6.07 Å². The van der Waals surface area contributed by atoms with Gasteiger partial charge in [-0.3, -0.25) is 0 Å². The van der Waals surface area contributed by atoms with Gasteiger partial charge in [0.15, 0.2) is 0 Å². The summed E-state index contributed by atoms with van der Waals surface area (Å²) in [6.07, 6.45) is 5.37. The molecule has 0 spiro atoms. The van der Waals surface area contributed by atoms with Crippen LogP contribution in [0.3, 0.4) is 0 Å². The fourth-order valence-corrected chi connectivity index (χ4v) is 3.13. The summed E-state index contributed by atoms with van der Waals surface area (Å²) in [7, 11) is 0. The minimum atomic E-state index is -0.556. The molecule has 22 heavy (non-hydrogen) atoms. The lowest BCUT2D eigenvalue weighted by atomic mass is 9.67. The van der Waals surface area contributed by atoms with Crippen molar-refractivity contribution >= 4 is 0 Å². The summed E-state index contributed by atoms with van der Waals surface area (Å²) >= 11 is 0. The van der Waals surface area contributed by atoms with Gasteiger partial charge in [-0.1, -0.05) is 49.4 Å². The molecule has 0 radical (unpaired) electrons. The maximum Gasteiger partial charge on any atom is 0.123 e. The number of rotatable bonds is 3. The maximum absolute atomic E-state index is 10.3. The van der Waals surface area contributed by atoms with Crippen molar-refractivity contribution in [3.05, 3.63) is 83.6 Å². The van der Waals surface area contributed by atoms with Gasteiger partial charge in [0.2, 0.25) is 0 Å². The van der Waals surface area contributed by atoms with Gasteiger partial charge in [-0.15, -0.1) is 0 Å². The van der Waals surface area contributed by atoms with Gasteiger partial charge in [0.05, 0.1) is 0 Å². The third kappa shape index (κ3) is 2.25. The van der Waals surface area contributed by atoms with E-state index in [1.807, 2.05) is 43.3 Å². The fourth-order valence-electron chi connectivity index (χ4n) is 3.13. The molecule has 0 heterocycles. The van der Waals surface area contributed by atoms with Crippen LogP contribution < -0.4 is 0 Å². The Kier molecular flexibility index (Phi) is 3.41. The Morgan fingerprint density at radius 3 is 2.27 bits per heavy atom. The first-order valence-corrected chi connectivity index (χ1v) is 7.19. The van der Waals surface area contributed by atoms with E-state index in [-0.39, 0.29) is 23.2 Å². The summed E-state index contributed by atoms with van der Waals surface area (Å²) in [6.45, 7) is 2.03. The predicted octanol–water partition coefficient (Wildman–Crippen LogP) is 4.03. The van der Waals surface area contributed by atoms with Crippen molar-refractivity contribution in [2.45, 2.75) is 12.3 Å². The van der Waals surface area contributed by atoms with Crippen molar-refractivity contribution in [3.63, 3.8) is 0 Å². The number of hydrogen-bond acceptors (Lipinski definition) is 3. The summed E-state index contributed by atoms with van der Waals surface area (Å²) in [4.78, 5) is 0. The molecule has 0 amide bonds. The molecule has 1 aliphatic rings. The third-order valence-electron chi connectivity index (χ3n) is 4.41. The number of aliphatic hydroxyl groups excluding tert-OH is 1. The summed E-state index contributed by atoms with van der Waals surface area (Å²) in [5.74, 6) is 0.201. The molecule has 0 saturated heterocycles. The zero-order chi connectivity index (χ0) is 15.7. The molecule has 2 atom stereocenters. The summed E-state index contributed by atoms with van der Waals surface area (Å²) < 4.78 is 0. The number of aromatic hydroxyl groups is 2. The minimum absolute atomic E-state index is 0.0250. The Labute approximate surface area is 129 Å². The van der Waals surface area contributed by atoms with Gasteiger partial charge in [-0.2, -0.15) is 0 Å². The smallest absolute Gasteiger partial charge is 0.123 e. The Morgan fingerprint density at radius 2 is 1.68 bits per heavy atom. The zero-order valence-electron chi connectivity index (χ0n) is 12.3. The molecule has 2 aromatic rings. The van der Waals surface area contributed by atoms with Crippen LogP contribution in [0.2, 0.25) is 0 Å². The number of phenolic OH excluding ortho intramolecular Hbond substituents is 2. The number of phenols is 2. The highest BCUT2D eigenvalue weighted by Crippen LogP contribution is 2.46. The molecule has 2 aromatic carbocycles. The predicted molar refractivity (Wildman–Crippen MR) is 86.0 cm³/mol. The quantitative estimate of drug-likeness (QED) is 0.801. The van der Waals surface area contributed by atoms with Crippen molar-refractivity contribution in [1.29, 1.82) is 0 Å². The Balaban J connectivity index is 2.22. The van der Waals surface area contributed by atoms with Crippen molar-refractivity contribution in [2.24, 2.45) is 5.92 Å². The first-order valence-electron chi connectivity index (χ1n) is 7.19. The molecule has 3 rings (SSSR count). The van der Waals surface area contributed by atoms with Crippen molar-refractivity contribution in [2.75, 3.05) is 0 Å². The largest absolute Gasteiger partial charge is 0.508 e. The second-order valence-electron chi connectivity index (χ2n) is 5.75. The lowest BCUT2D eigenvalue weighted by molar-refractivity contribution is 0.405. The maximum atomic E-state index is 10.3. The Morgan fingerprint density at radius 1 is 0.955 bits per heavy atom. The molecule has 3 heteroatoms. The molecule has 0 saturated carbocycles. The van der Waals surface area contributed by atoms with Gasteiger partial charge in [0.25, 0.3) is 0 Å². The van der Waals surface area contributed by atoms with Crippen LogP contribution in [0.5, 0.6) is 11.5 Å². The molecular weight excluding hydrogens is 276 g/mol. The Hall–Kier alpha value is -2.68. The highest BCUT2D eigenvalue weighted by Gasteiger charge is 2.38. The number of aliphatic hydroxyl groups is 1. The van der Waals surface area contributed by atoms with Gasteiger partial charge in [0, 0.05) is 23.0 Å². The second-order valence-corrected chi connectivity index (χ2v) is 5.75. The van der Waals surface area contributed by atoms with Crippen LogP contribution in [0, 0.1) is 5.92 Å². The number of allylic oxidation sites excluding steroid dienone is 3. The summed E-state index contributed by atoms with van der Waals surface area (Å²) in [6, 6.07) is 14.5. The molecular formula is C19H18O3. The first kappa shape index (κ1) is 14.3. The molecule has 112 valence electrons. The van der Waals surface area contributed by atoms with Crippen LogP contribution >= 0.6 is 0 Å². The van der Waals surface area contributed by atoms with Crippen LogP contribution in [0.15, 0.2) is 72.5 Å².